The van der Waals surface area contributed by atoms with E-state index in [1.807, 2.05) is 48.5 Å². The predicted molar refractivity (Wildman–Crippen MR) is 107 cm³/mol. The highest BCUT2D eigenvalue weighted by molar-refractivity contribution is 6.22. The minimum absolute atomic E-state index is 0.0864. The van der Waals surface area contributed by atoms with Gasteiger partial charge in [-0.15, -0.1) is 0 Å². The SMILES string of the molecule is CCOC(=O)C1=C(c2ccccc2)N(C)C(=O)C1C(=O)/C=C/c1ccccc1. The molecule has 0 saturated heterocycles. The Morgan fingerprint density at radius 2 is 1.64 bits per heavy atom. The van der Waals surface area contributed by atoms with Crippen LogP contribution in [0, 0.1) is 5.92 Å². The molecule has 0 aromatic heterocycles. The van der Waals surface area contributed by atoms with Gasteiger partial charge in [0.1, 0.15) is 5.92 Å². The first-order chi connectivity index (χ1) is 13.5. The number of benzene rings is 2. The molecule has 0 radical (unpaired) electrons. The molecule has 1 unspecified atom stereocenters. The van der Waals surface area contributed by atoms with Gasteiger partial charge in [-0.2, -0.15) is 0 Å². The van der Waals surface area contributed by atoms with Crippen LogP contribution >= 0.6 is 0 Å². The number of hydrogen-bond donors (Lipinski definition) is 0. The maximum absolute atomic E-state index is 12.9. The van der Waals surface area contributed by atoms with Crippen LogP contribution in [0.15, 0.2) is 72.3 Å². The Hall–Kier alpha value is -3.47. The highest BCUT2D eigenvalue weighted by Crippen LogP contribution is 2.36. The molecule has 0 saturated carbocycles. The number of nitrogens with zero attached hydrogens (tertiary/aromatic N) is 1. The van der Waals surface area contributed by atoms with Crippen molar-refractivity contribution in [1.29, 1.82) is 0 Å². The maximum Gasteiger partial charge on any atom is 0.337 e. The van der Waals surface area contributed by atoms with E-state index in [-0.39, 0.29) is 12.2 Å². The lowest BCUT2D eigenvalue weighted by molar-refractivity contribution is -0.142. The number of rotatable bonds is 6. The molecular weight excluding hydrogens is 354 g/mol. The first-order valence-electron chi connectivity index (χ1n) is 9.05. The van der Waals surface area contributed by atoms with Gasteiger partial charge in [0.15, 0.2) is 5.78 Å². The van der Waals surface area contributed by atoms with Crippen molar-refractivity contribution in [3.63, 3.8) is 0 Å². The Morgan fingerprint density at radius 1 is 1.04 bits per heavy atom. The Bertz CT molecular complexity index is 945. The molecule has 1 heterocycles. The first-order valence-corrected chi connectivity index (χ1v) is 9.05. The number of allylic oxidation sites excluding steroid dienone is 1. The van der Waals surface area contributed by atoms with Gasteiger partial charge in [0.25, 0.3) is 0 Å². The number of hydrogen-bond acceptors (Lipinski definition) is 4. The second kappa shape index (κ2) is 8.48. The Morgan fingerprint density at radius 3 is 2.25 bits per heavy atom. The summed E-state index contributed by atoms with van der Waals surface area (Å²) in [5.74, 6) is -2.75. The lowest BCUT2D eigenvalue weighted by Gasteiger charge is -2.15. The highest BCUT2D eigenvalue weighted by Gasteiger charge is 2.45. The van der Waals surface area contributed by atoms with Crippen molar-refractivity contribution < 1.29 is 19.1 Å². The number of amides is 1. The lowest BCUT2D eigenvalue weighted by atomic mass is 9.93. The molecule has 0 N–H and O–H groups in total. The number of ether oxygens (including phenoxy) is 1. The van der Waals surface area contributed by atoms with Gasteiger partial charge in [-0.05, 0) is 24.1 Å². The van der Waals surface area contributed by atoms with Gasteiger partial charge < -0.3 is 9.64 Å². The summed E-state index contributed by atoms with van der Waals surface area (Å²) in [5.41, 5.74) is 2.02. The van der Waals surface area contributed by atoms with Crippen LogP contribution < -0.4 is 0 Å². The van der Waals surface area contributed by atoms with E-state index in [0.29, 0.717) is 11.3 Å². The van der Waals surface area contributed by atoms with Crippen LogP contribution in [0.25, 0.3) is 11.8 Å². The van der Waals surface area contributed by atoms with Gasteiger partial charge in [-0.1, -0.05) is 66.7 Å². The predicted octanol–water partition coefficient (Wildman–Crippen LogP) is 3.33. The minimum atomic E-state index is -1.21. The summed E-state index contributed by atoms with van der Waals surface area (Å²) in [6, 6.07) is 18.4. The molecule has 1 aliphatic heterocycles. The van der Waals surface area contributed by atoms with E-state index in [9.17, 15) is 14.4 Å². The van der Waals surface area contributed by atoms with Crippen LogP contribution in [-0.2, 0) is 19.1 Å². The molecule has 1 aliphatic rings. The van der Waals surface area contributed by atoms with E-state index in [2.05, 4.69) is 0 Å². The van der Waals surface area contributed by atoms with Crippen molar-refractivity contribution in [3.05, 3.63) is 83.4 Å². The van der Waals surface area contributed by atoms with Crippen LogP contribution in [0.2, 0.25) is 0 Å². The van der Waals surface area contributed by atoms with E-state index in [4.69, 9.17) is 4.74 Å². The van der Waals surface area contributed by atoms with Gasteiger partial charge in [0.05, 0.1) is 17.9 Å². The second-order valence-corrected chi connectivity index (χ2v) is 6.33. The van der Waals surface area contributed by atoms with Crippen LogP contribution in [0.4, 0.5) is 0 Å². The zero-order valence-electron chi connectivity index (χ0n) is 15.8. The van der Waals surface area contributed by atoms with E-state index in [0.717, 1.165) is 5.56 Å². The van der Waals surface area contributed by atoms with Crippen LogP contribution in [-0.4, -0.2) is 36.2 Å². The molecule has 1 atom stereocenters. The Balaban J connectivity index is 2.04. The quantitative estimate of drug-likeness (QED) is 0.441. The average molecular weight is 375 g/mol. The van der Waals surface area contributed by atoms with E-state index in [1.165, 1.54) is 11.0 Å². The zero-order valence-corrected chi connectivity index (χ0v) is 15.8. The third-order valence-corrected chi connectivity index (χ3v) is 4.52. The zero-order chi connectivity index (χ0) is 20.1. The monoisotopic (exact) mass is 375 g/mol. The third-order valence-electron chi connectivity index (χ3n) is 4.52. The molecule has 1 amide bonds. The molecule has 5 nitrogen and oxygen atoms in total. The fourth-order valence-electron chi connectivity index (χ4n) is 3.22. The van der Waals surface area contributed by atoms with Crippen molar-refractivity contribution in [2.75, 3.05) is 13.7 Å². The van der Waals surface area contributed by atoms with Crippen molar-refractivity contribution in [2.24, 2.45) is 5.92 Å². The molecule has 5 heteroatoms. The van der Waals surface area contributed by atoms with E-state index in [1.54, 1.807) is 32.2 Å². The van der Waals surface area contributed by atoms with Gasteiger partial charge in [-0.25, -0.2) is 4.79 Å². The van der Waals surface area contributed by atoms with Crippen molar-refractivity contribution in [1.82, 2.24) is 4.90 Å². The molecule has 28 heavy (non-hydrogen) atoms. The fraction of sp³-hybridized carbons (Fsp3) is 0.174. The standard InChI is InChI=1S/C23H21NO4/c1-3-28-23(27)20-19(18(25)15-14-16-10-6-4-7-11-16)22(26)24(2)21(20)17-12-8-5-9-13-17/h4-15,19H,3H2,1-2H3/b15-14+. The molecule has 0 bridgehead atoms. The summed E-state index contributed by atoms with van der Waals surface area (Å²) in [4.78, 5) is 39.8. The normalized spacial score (nSPS) is 16.7. The lowest BCUT2D eigenvalue weighted by Crippen LogP contribution is -2.30. The molecular formula is C23H21NO4. The number of carbonyl (C=O) groups excluding carboxylic acids is 3. The van der Waals surface area contributed by atoms with E-state index >= 15 is 0 Å². The van der Waals surface area contributed by atoms with E-state index < -0.39 is 23.6 Å². The third kappa shape index (κ3) is 3.78. The number of ketones is 1. The minimum Gasteiger partial charge on any atom is -0.463 e. The average Bonchev–Trinajstić information content (AvgIpc) is 2.99. The van der Waals surface area contributed by atoms with Crippen molar-refractivity contribution in [2.45, 2.75) is 6.92 Å². The summed E-state index contributed by atoms with van der Waals surface area (Å²) in [7, 11) is 1.57. The molecule has 2 aromatic rings. The fourth-order valence-corrected chi connectivity index (χ4v) is 3.22. The van der Waals surface area contributed by atoms with Crippen LogP contribution in [0.5, 0.6) is 0 Å². The Kier molecular flexibility index (Phi) is 5.84. The number of carbonyl (C=O) groups is 3. The van der Waals surface area contributed by atoms with Crippen LogP contribution in [0.3, 0.4) is 0 Å². The van der Waals surface area contributed by atoms with Crippen molar-refractivity contribution >= 4 is 29.4 Å². The van der Waals surface area contributed by atoms with Crippen LogP contribution in [0.1, 0.15) is 18.1 Å². The maximum atomic E-state index is 12.9. The highest BCUT2D eigenvalue weighted by atomic mass is 16.5. The summed E-state index contributed by atoms with van der Waals surface area (Å²) >= 11 is 0. The summed E-state index contributed by atoms with van der Waals surface area (Å²) < 4.78 is 5.17. The molecule has 142 valence electrons. The van der Waals surface area contributed by atoms with Gasteiger partial charge in [0.2, 0.25) is 5.91 Å². The summed E-state index contributed by atoms with van der Waals surface area (Å²) in [5, 5.41) is 0. The topological polar surface area (TPSA) is 63.7 Å². The van der Waals surface area contributed by atoms with Crippen molar-refractivity contribution in [3.8, 4) is 0 Å². The van der Waals surface area contributed by atoms with Gasteiger partial charge in [0, 0.05) is 7.05 Å². The summed E-state index contributed by atoms with van der Waals surface area (Å²) in [6.07, 6.45) is 2.98. The molecule has 0 spiro atoms. The van der Waals surface area contributed by atoms with Gasteiger partial charge in [-0.3, -0.25) is 9.59 Å². The largest absolute Gasteiger partial charge is 0.463 e. The molecule has 3 rings (SSSR count). The molecule has 2 aromatic carbocycles. The Labute approximate surface area is 163 Å². The molecule has 0 fully saturated rings. The first kappa shape index (κ1) is 19.3. The molecule has 0 aliphatic carbocycles. The number of esters is 1. The smallest absolute Gasteiger partial charge is 0.337 e. The second-order valence-electron chi connectivity index (χ2n) is 6.33. The van der Waals surface area contributed by atoms with Gasteiger partial charge >= 0.3 is 5.97 Å². The summed E-state index contributed by atoms with van der Waals surface area (Å²) in [6.45, 7) is 1.84.